The van der Waals surface area contributed by atoms with Crippen molar-refractivity contribution >= 4 is 5.82 Å². The smallest absolute Gasteiger partial charge is 0.133 e. The highest BCUT2D eigenvalue weighted by Crippen LogP contribution is 2.30. The van der Waals surface area contributed by atoms with Gasteiger partial charge in [-0.15, -0.1) is 0 Å². The zero-order valence-corrected chi connectivity index (χ0v) is 12.1. The molecule has 0 saturated carbocycles. The number of piperidine rings is 1. The molecule has 3 heterocycles. The Morgan fingerprint density at radius 3 is 2.65 bits per heavy atom. The molecule has 0 aromatic carbocycles. The largest absolute Gasteiger partial charge is 0.367 e. The van der Waals surface area contributed by atoms with Crippen LogP contribution in [0.3, 0.4) is 0 Å². The zero-order chi connectivity index (χ0) is 13.4. The van der Waals surface area contributed by atoms with E-state index in [0.29, 0.717) is 6.04 Å². The van der Waals surface area contributed by atoms with E-state index in [2.05, 4.69) is 20.6 Å². The maximum atomic E-state index is 4.56. The molecule has 2 aliphatic heterocycles. The third-order valence-electron chi connectivity index (χ3n) is 5.19. The summed E-state index contributed by atoms with van der Waals surface area (Å²) in [7, 11) is 0. The van der Waals surface area contributed by atoms with Crippen LogP contribution in [0.4, 0.5) is 5.82 Å². The first kappa shape index (κ1) is 12.6. The van der Waals surface area contributed by atoms with Crippen LogP contribution in [0.25, 0.3) is 0 Å². The lowest BCUT2D eigenvalue weighted by atomic mass is 9.99. The van der Waals surface area contributed by atoms with E-state index in [1.807, 2.05) is 0 Å². The van der Waals surface area contributed by atoms with Gasteiger partial charge in [0, 0.05) is 29.4 Å². The lowest BCUT2D eigenvalue weighted by Crippen LogP contribution is -2.43. The molecular formula is C16H24N4. The molecule has 20 heavy (non-hydrogen) atoms. The van der Waals surface area contributed by atoms with Crippen LogP contribution in [-0.2, 0) is 12.8 Å². The minimum atomic E-state index is 0.594. The van der Waals surface area contributed by atoms with Crippen LogP contribution in [0.2, 0.25) is 0 Å². The van der Waals surface area contributed by atoms with Crippen LogP contribution < -0.4 is 10.6 Å². The fourth-order valence-corrected chi connectivity index (χ4v) is 4.19. The van der Waals surface area contributed by atoms with Crippen molar-refractivity contribution in [3.8, 4) is 0 Å². The standard InChI is InChI=1S/C16H24N4/c1-2-4-14-15(5-3-1)17-10-18-16(14)20-13-8-11-6-7-12(9-13)19-11/h10-13,19H,1-9H2,(H,17,18,20). The Morgan fingerprint density at radius 2 is 1.80 bits per heavy atom. The molecule has 2 unspecified atom stereocenters. The van der Waals surface area contributed by atoms with Crippen molar-refractivity contribution in [3.05, 3.63) is 17.6 Å². The minimum Gasteiger partial charge on any atom is -0.367 e. The number of nitrogens with one attached hydrogen (secondary N) is 2. The van der Waals surface area contributed by atoms with E-state index in [9.17, 15) is 0 Å². The average Bonchev–Trinajstić information content (AvgIpc) is 2.66. The summed E-state index contributed by atoms with van der Waals surface area (Å²) in [5.41, 5.74) is 2.69. The van der Waals surface area contributed by atoms with E-state index in [0.717, 1.165) is 30.7 Å². The molecule has 2 bridgehead atoms. The summed E-state index contributed by atoms with van der Waals surface area (Å²) < 4.78 is 0. The second-order valence-electron chi connectivity index (χ2n) is 6.66. The molecular weight excluding hydrogens is 248 g/mol. The van der Waals surface area contributed by atoms with E-state index in [1.54, 1.807) is 6.33 Å². The average molecular weight is 272 g/mol. The van der Waals surface area contributed by atoms with Gasteiger partial charge in [-0.05, 0) is 51.4 Å². The quantitative estimate of drug-likeness (QED) is 0.812. The normalized spacial score (nSPS) is 32.5. The number of fused-ring (bicyclic) bond motifs is 3. The van der Waals surface area contributed by atoms with Crippen LogP contribution in [0.15, 0.2) is 6.33 Å². The zero-order valence-electron chi connectivity index (χ0n) is 12.1. The van der Waals surface area contributed by atoms with Crippen molar-refractivity contribution in [1.82, 2.24) is 15.3 Å². The van der Waals surface area contributed by atoms with Crippen molar-refractivity contribution in [2.75, 3.05) is 5.32 Å². The van der Waals surface area contributed by atoms with Crippen LogP contribution in [0, 0.1) is 0 Å². The Kier molecular flexibility index (Phi) is 3.34. The number of aryl methyl sites for hydroxylation is 1. The number of hydrogen-bond donors (Lipinski definition) is 2. The molecule has 1 aromatic heterocycles. The molecule has 2 N–H and O–H groups in total. The summed E-state index contributed by atoms with van der Waals surface area (Å²) in [5.74, 6) is 1.13. The molecule has 3 aliphatic rings. The Morgan fingerprint density at radius 1 is 1.00 bits per heavy atom. The first-order valence-corrected chi connectivity index (χ1v) is 8.24. The third kappa shape index (κ3) is 2.41. The molecule has 108 valence electrons. The van der Waals surface area contributed by atoms with Gasteiger partial charge in [0.25, 0.3) is 0 Å². The van der Waals surface area contributed by atoms with Crippen LogP contribution >= 0.6 is 0 Å². The van der Waals surface area contributed by atoms with Gasteiger partial charge in [0.15, 0.2) is 0 Å². The second kappa shape index (κ2) is 5.32. The molecule has 1 aliphatic carbocycles. The second-order valence-corrected chi connectivity index (χ2v) is 6.66. The number of hydrogen-bond acceptors (Lipinski definition) is 4. The number of nitrogens with zero attached hydrogens (tertiary/aromatic N) is 2. The Bertz CT molecular complexity index is 475. The van der Waals surface area contributed by atoms with Crippen molar-refractivity contribution in [2.45, 2.75) is 75.9 Å². The van der Waals surface area contributed by atoms with Gasteiger partial charge in [-0.2, -0.15) is 0 Å². The van der Waals surface area contributed by atoms with Crippen LogP contribution in [0.5, 0.6) is 0 Å². The number of rotatable bonds is 2. The predicted molar refractivity (Wildman–Crippen MR) is 79.9 cm³/mol. The minimum absolute atomic E-state index is 0.594. The summed E-state index contributed by atoms with van der Waals surface area (Å²) in [4.78, 5) is 9.07. The van der Waals surface area contributed by atoms with E-state index in [-0.39, 0.29) is 0 Å². The van der Waals surface area contributed by atoms with Crippen LogP contribution in [0.1, 0.15) is 56.2 Å². The molecule has 2 fully saturated rings. The maximum absolute atomic E-state index is 4.56. The van der Waals surface area contributed by atoms with Gasteiger partial charge in [0.05, 0.1) is 0 Å². The van der Waals surface area contributed by atoms with Crippen molar-refractivity contribution in [1.29, 1.82) is 0 Å². The molecule has 4 heteroatoms. The predicted octanol–water partition coefficient (Wildman–Crippen LogP) is 2.44. The summed E-state index contributed by atoms with van der Waals surface area (Å²) in [5, 5.41) is 7.45. The van der Waals surface area contributed by atoms with Crippen molar-refractivity contribution in [2.24, 2.45) is 0 Å². The number of anilines is 1. The van der Waals surface area contributed by atoms with Gasteiger partial charge in [-0.3, -0.25) is 0 Å². The molecule has 4 rings (SSSR count). The highest BCUT2D eigenvalue weighted by molar-refractivity contribution is 5.47. The lowest BCUT2D eigenvalue weighted by molar-refractivity contribution is 0.377. The molecule has 0 amide bonds. The highest BCUT2D eigenvalue weighted by Gasteiger charge is 2.33. The summed E-state index contributed by atoms with van der Waals surface area (Å²) in [6.07, 6.45) is 13.1. The summed E-state index contributed by atoms with van der Waals surface area (Å²) in [6.45, 7) is 0. The maximum Gasteiger partial charge on any atom is 0.133 e. The van der Waals surface area contributed by atoms with Gasteiger partial charge in [-0.25, -0.2) is 9.97 Å². The van der Waals surface area contributed by atoms with Gasteiger partial charge in [0.1, 0.15) is 12.1 Å². The van der Waals surface area contributed by atoms with Gasteiger partial charge < -0.3 is 10.6 Å². The SMILES string of the molecule is c1nc2c(c(NC3CC4CCC(C3)N4)n1)CCCCC2. The molecule has 0 radical (unpaired) electrons. The molecule has 4 nitrogen and oxygen atoms in total. The molecule has 2 saturated heterocycles. The first-order valence-electron chi connectivity index (χ1n) is 8.24. The first-order chi connectivity index (χ1) is 9.88. The van der Waals surface area contributed by atoms with E-state index < -0.39 is 0 Å². The molecule has 1 aromatic rings. The van der Waals surface area contributed by atoms with Gasteiger partial charge in [0.2, 0.25) is 0 Å². The van der Waals surface area contributed by atoms with E-state index in [1.165, 1.54) is 56.2 Å². The Hall–Kier alpha value is -1.16. The van der Waals surface area contributed by atoms with Gasteiger partial charge in [-0.1, -0.05) is 6.42 Å². The molecule has 0 spiro atoms. The third-order valence-corrected chi connectivity index (χ3v) is 5.19. The molecule has 2 atom stereocenters. The van der Waals surface area contributed by atoms with Gasteiger partial charge >= 0.3 is 0 Å². The van der Waals surface area contributed by atoms with Crippen molar-refractivity contribution < 1.29 is 0 Å². The fourth-order valence-electron chi connectivity index (χ4n) is 4.19. The fraction of sp³-hybridized carbons (Fsp3) is 0.750. The Labute approximate surface area is 120 Å². The Balaban J connectivity index is 1.54. The summed E-state index contributed by atoms with van der Waals surface area (Å²) in [6, 6.07) is 2.05. The monoisotopic (exact) mass is 272 g/mol. The topological polar surface area (TPSA) is 49.8 Å². The highest BCUT2D eigenvalue weighted by atomic mass is 15.1. The van der Waals surface area contributed by atoms with Crippen LogP contribution in [-0.4, -0.2) is 28.1 Å². The van der Waals surface area contributed by atoms with E-state index in [4.69, 9.17) is 0 Å². The summed E-state index contributed by atoms with van der Waals surface area (Å²) >= 11 is 0. The number of aromatic nitrogens is 2. The van der Waals surface area contributed by atoms with Crippen molar-refractivity contribution in [3.63, 3.8) is 0 Å². The van der Waals surface area contributed by atoms with E-state index >= 15 is 0 Å². The lowest BCUT2D eigenvalue weighted by Gasteiger charge is -2.30.